The Balaban J connectivity index is 2.30. The number of aromatic hydroxyl groups is 1. The number of phenols is 1. The van der Waals surface area contributed by atoms with Gasteiger partial charge >= 0.3 is 0 Å². The summed E-state index contributed by atoms with van der Waals surface area (Å²) in [6.45, 7) is 1.78. The average molecular weight is 272 g/mol. The van der Waals surface area contributed by atoms with Gasteiger partial charge in [-0.05, 0) is 30.7 Å². The van der Waals surface area contributed by atoms with Gasteiger partial charge in [-0.2, -0.15) is 0 Å². The van der Waals surface area contributed by atoms with E-state index in [9.17, 15) is 9.90 Å². The van der Waals surface area contributed by atoms with Crippen molar-refractivity contribution >= 4 is 17.3 Å². The Kier molecular flexibility index (Phi) is 3.79. The lowest BCUT2D eigenvalue weighted by Gasteiger charge is -2.12. The van der Waals surface area contributed by atoms with Crippen molar-refractivity contribution < 1.29 is 14.6 Å². The second-order valence-electron chi connectivity index (χ2n) is 4.38. The molecule has 0 radical (unpaired) electrons. The van der Waals surface area contributed by atoms with Crippen LogP contribution in [0, 0.1) is 6.92 Å². The van der Waals surface area contributed by atoms with E-state index >= 15 is 0 Å². The van der Waals surface area contributed by atoms with Gasteiger partial charge in [0.05, 0.1) is 7.11 Å². The molecule has 5 nitrogen and oxygen atoms in total. The lowest BCUT2D eigenvalue weighted by atomic mass is 10.1. The number of hydrogen-bond acceptors (Lipinski definition) is 4. The SMILES string of the molecule is COc1cccc(N)c1C(=O)Nc1ccc(C)c(O)c1. The highest BCUT2D eigenvalue weighted by molar-refractivity contribution is 6.09. The van der Waals surface area contributed by atoms with Crippen LogP contribution in [0.25, 0.3) is 0 Å². The number of hydrogen-bond donors (Lipinski definition) is 3. The number of benzene rings is 2. The Morgan fingerprint density at radius 2 is 2.05 bits per heavy atom. The Labute approximate surface area is 117 Å². The number of carbonyl (C=O) groups excluding carboxylic acids is 1. The van der Waals surface area contributed by atoms with Crippen molar-refractivity contribution in [2.45, 2.75) is 6.92 Å². The summed E-state index contributed by atoms with van der Waals surface area (Å²) in [6, 6.07) is 9.92. The summed E-state index contributed by atoms with van der Waals surface area (Å²) in [5.41, 5.74) is 7.65. The van der Waals surface area contributed by atoms with Crippen molar-refractivity contribution in [3.05, 3.63) is 47.5 Å². The maximum atomic E-state index is 12.3. The largest absolute Gasteiger partial charge is 0.508 e. The topological polar surface area (TPSA) is 84.6 Å². The molecule has 2 aromatic rings. The zero-order valence-electron chi connectivity index (χ0n) is 11.3. The molecule has 0 unspecified atom stereocenters. The predicted molar refractivity (Wildman–Crippen MR) is 78.2 cm³/mol. The Hall–Kier alpha value is -2.69. The number of methoxy groups -OCH3 is 1. The third-order valence-electron chi connectivity index (χ3n) is 2.97. The molecular formula is C15H16N2O3. The van der Waals surface area contributed by atoms with Gasteiger partial charge in [0, 0.05) is 17.4 Å². The lowest BCUT2D eigenvalue weighted by Crippen LogP contribution is -2.15. The van der Waals surface area contributed by atoms with Gasteiger partial charge in [-0.25, -0.2) is 0 Å². The van der Waals surface area contributed by atoms with E-state index in [0.29, 0.717) is 17.1 Å². The molecule has 2 aromatic carbocycles. The standard InChI is InChI=1S/C15H16N2O3/c1-9-6-7-10(8-12(9)18)17-15(19)14-11(16)4-3-5-13(14)20-2/h3-8,18H,16H2,1-2H3,(H,17,19). The quantitative estimate of drug-likeness (QED) is 0.750. The van der Waals surface area contributed by atoms with Crippen molar-refractivity contribution in [3.63, 3.8) is 0 Å². The van der Waals surface area contributed by atoms with Crippen molar-refractivity contribution in [2.24, 2.45) is 0 Å². The van der Waals surface area contributed by atoms with Gasteiger partial charge in [-0.1, -0.05) is 12.1 Å². The summed E-state index contributed by atoms with van der Waals surface area (Å²) in [6.07, 6.45) is 0. The van der Waals surface area contributed by atoms with Gasteiger partial charge in [0.15, 0.2) is 0 Å². The van der Waals surface area contributed by atoms with Crippen molar-refractivity contribution in [2.75, 3.05) is 18.2 Å². The van der Waals surface area contributed by atoms with Crippen LogP contribution in [-0.2, 0) is 0 Å². The van der Waals surface area contributed by atoms with E-state index in [-0.39, 0.29) is 17.2 Å². The van der Waals surface area contributed by atoms with Crippen molar-refractivity contribution in [3.8, 4) is 11.5 Å². The Morgan fingerprint density at radius 1 is 1.30 bits per heavy atom. The van der Waals surface area contributed by atoms with Crippen LogP contribution in [0.15, 0.2) is 36.4 Å². The molecule has 5 heteroatoms. The normalized spacial score (nSPS) is 10.1. The molecular weight excluding hydrogens is 256 g/mol. The van der Waals surface area contributed by atoms with Gasteiger partial charge in [-0.15, -0.1) is 0 Å². The molecule has 0 spiro atoms. The fourth-order valence-corrected chi connectivity index (χ4v) is 1.84. The first kappa shape index (κ1) is 13.7. The molecule has 4 N–H and O–H groups in total. The van der Waals surface area contributed by atoms with E-state index in [0.717, 1.165) is 5.56 Å². The molecule has 0 aliphatic heterocycles. The number of nitrogens with two attached hydrogens (primary N) is 1. The number of nitrogens with one attached hydrogen (secondary N) is 1. The van der Waals surface area contributed by atoms with Gasteiger partial charge < -0.3 is 20.9 Å². The van der Waals surface area contributed by atoms with Gasteiger partial charge in [-0.3, -0.25) is 4.79 Å². The smallest absolute Gasteiger partial charge is 0.261 e. The minimum atomic E-state index is -0.386. The lowest BCUT2D eigenvalue weighted by molar-refractivity contribution is 0.102. The molecule has 0 aromatic heterocycles. The number of nitrogen functional groups attached to an aromatic ring is 1. The number of ether oxygens (including phenoxy) is 1. The molecule has 0 fully saturated rings. The van der Waals surface area contributed by atoms with Gasteiger partial charge in [0.2, 0.25) is 0 Å². The average Bonchev–Trinajstić information content (AvgIpc) is 2.42. The molecule has 0 aliphatic rings. The van der Waals surface area contributed by atoms with E-state index in [1.165, 1.54) is 13.2 Å². The first-order valence-electron chi connectivity index (χ1n) is 6.06. The summed E-state index contributed by atoms with van der Waals surface area (Å²) in [4.78, 5) is 12.3. The number of anilines is 2. The predicted octanol–water partition coefficient (Wildman–Crippen LogP) is 2.54. The molecule has 0 atom stereocenters. The Morgan fingerprint density at radius 3 is 2.70 bits per heavy atom. The van der Waals surface area contributed by atoms with Crippen molar-refractivity contribution in [1.29, 1.82) is 0 Å². The number of carbonyl (C=O) groups is 1. The van der Waals surface area contributed by atoms with E-state index in [1.807, 2.05) is 0 Å². The first-order valence-corrected chi connectivity index (χ1v) is 6.06. The molecule has 0 bridgehead atoms. The molecule has 0 aliphatic carbocycles. The van der Waals surface area contributed by atoms with Crippen LogP contribution in [0.1, 0.15) is 15.9 Å². The number of phenolic OH excluding ortho intramolecular Hbond substituents is 1. The fourth-order valence-electron chi connectivity index (χ4n) is 1.84. The maximum absolute atomic E-state index is 12.3. The summed E-state index contributed by atoms with van der Waals surface area (Å²) in [5, 5.41) is 12.3. The molecule has 0 heterocycles. The van der Waals surface area contributed by atoms with E-state index in [2.05, 4.69) is 5.32 Å². The van der Waals surface area contributed by atoms with Crippen LogP contribution in [0.5, 0.6) is 11.5 Å². The summed E-state index contributed by atoms with van der Waals surface area (Å²) < 4.78 is 5.14. The van der Waals surface area contributed by atoms with Crippen molar-refractivity contribution in [1.82, 2.24) is 0 Å². The molecule has 104 valence electrons. The summed E-state index contributed by atoms with van der Waals surface area (Å²) in [7, 11) is 1.48. The monoisotopic (exact) mass is 272 g/mol. The fraction of sp³-hybridized carbons (Fsp3) is 0.133. The zero-order chi connectivity index (χ0) is 14.7. The molecule has 1 amide bonds. The van der Waals surface area contributed by atoms with Gasteiger partial charge in [0.25, 0.3) is 5.91 Å². The zero-order valence-corrected chi connectivity index (χ0v) is 11.3. The second kappa shape index (κ2) is 5.52. The van der Waals surface area contributed by atoms with Crippen LogP contribution in [0.3, 0.4) is 0 Å². The highest BCUT2D eigenvalue weighted by Gasteiger charge is 2.16. The number of rotatable bonds is 3. The van der Waals surface area contributed by atoms with Crippen LogP contribution >= 0.6 is 0 Å². The number of amides is 1. The third kappa shape index (κ3) is 2.66. The van der Waals surface area contributed by atoms with E-state index in [1.54, 1.807) is 37.3 Å². The maximum Gasteiger partial charge on any atom is 0.261 e. The second-order valence-corrected chi connectivity index (χ2v) is 4.38. The molecule has 2 rings (SSSR count). The summed E-state index contributed by atoms with van der Waals surface area (Å²) in [5.74, 6) is 0.137. The minimum absolute atomic E-state index is 0.121. The van der Waals surface area contributed by atoms with Crippen LogP contribution in [0.2, 0.25) is 0 Å². The highest BCUT2D eigenvalue weighted by atomic mass is 16.5. The molecule has 0 saturated heterocycles. The molecule has 0 saturated carbocycles. The summed E-state index contributed by atoms with van der Waals surface area (Å²) >= 11 is 0. The van der Waals surface area contributed by atoms with E-state index < -0.39 is 0 Å². The van der Waals surface area contributed by atoms with Crippen LogP contribution < -0.4 is 15.8 Å². The highest BCUT2D eigenvalue weighted by Crippen LogP contribution is 2.26. The van der Waals surface area contributed by atoms with Crippen LogP contribution in [0.4, 0.5) is 11.4 Å². The van der Waals surface area contributed by atoms with Crippen LogP contribution in [-0.4, -0.2) is 18.1 Å². The first-order chi connectivity index (χ1) is 9.52. The minimum Gasteiger partial charge on any atom is -0.508 e. The third-order valence-corrected chi connectivity index (χ3v) is 2.97. The van der Waals surface area contributed by atoms with Gasteiger partial charge in [0.1, 0.15) is 17.1 Å². The van der Waals surface area contributed by atoms with E-state index in [4.69, 9.17) is 10.5 Å². The number of aryl methyl sites for hydroxylation is 1. The molecule has 20 heavy (non-hydrogen) atoms. The Bertz CT molecular complexity index is 654.